The molecule has 82 valence electrons. The van der Waals surface area contributed by atoms with E-state index in [1.165, 1.54) is 0 Å². The van der Waals surface area contributed by atoms with Gasteiger partial charge in [-0.3, -0.25) is 0 Å². The molecule has 0 unspecified atom stereocenters. The fourth-order valence-corrected chi connectivity index (χ4v) is 1.82. The lowest BCUT2D eigenvalue weighted by Crippen LogP contribution is -2.01. The molecule has 1 rings (SSSR count). The van der Waals surface area contributed by atoms with Gasteiger partial charge in [0.1, 0.15) is 0 Å². The number of carbonyl (C=O) groups is 1. The second-order valence-corrected chi connectivity index (χ2v) is 4.10. The van der Waals surface area contributed by atoms with E-state index in [1.807, 2.05) is 0 Å². The van der Waals surface area contributed by atoms with Gasteiger partial charge in [0.15, 0.2) is 0 Å². The van der Waals surface area contributed by atoms with Crippen LogP contribution in [0.3, 0.4) is 0 Å². The van der Waals surface area contributed by atoms with Crippen molar-refractivity contribution in [3.63, 3.8) is 0 Å². The summed E-state index contributed by atoms with van der Waals surface area (Å²) in [5.74, 6) is -1.32. The van der Waals surface area contributed by atoms with Gasteiger partial charge >= 0.3 is 11.5 Å². The van der Waals surface area contributed by atoms with Crippen LogP contribution < -0.4 is 0 Å². The molecular weight excluding hydrogens is 253 g/mol. The highest BCUT2D eigenvalue weighted by Gasteiger charge is 2.29. The molecule has 0 saturated heterocycles. The molecule has 0 atom stereocenters. The summed E-state index contributed by atoms with van der Waals surface area (Å²) in [6.45, 7) is 0. The van der Waals surface area contributed by atoms with E-state index in [4.69, 9.17) is 16.7 Å². The number of rotatable bonds is 2. The van der Waals surface area contributed by atoms with Crippen molar-refractivity contribution in [3.05, 3.63) is 28.8 Å². The molecule has 0 aliphatic carbocycles. The van der Waals surface area contributed by atoms with Gasteiger partial charge < -0.3 is 5.11 Å². The summed E-state index contributed by atoms with van der Waals surface area (Å²) in [6, 6.07) is 3.07. The van der Waals surface area contributed by atoms with Crippen LogP contribution in [-0.2, 0) is 0 Å². The Morgan fingerprint density at radius 2 is 1.93 bits per heavy atom. The quantitative estimate of drug-likeness (QED) is 0.821. The third-order valence-corrected chi connectivity index (χ3v) is 2.27. The number of hydrogen-bond acceptors (Lipinski definition) is 2. The molecule has 1 aromatic rings. The van der Waals surface area contributed by atoms with Gasteiger partial charge in [-0.1, -0.05) is 11.6 Å². The molecule has 15 heavy (non-hydrogen) atoms. The zero-order valence-electron chi connectivity index (χ0n) is 7.01. The standard InChI is InChI=1S/C8H4ClF3O2S/c9-5-1-4(7(13)14)2-6(3-5)15-8(10,11)12/h1-3H,(H,13,14). The van der Waals surface area contributed by atoms with Crippen LogP contribution in [0.5, 0.6) is 0 Å². The molecule has 7 heteroatoms. The molecule has 0 amide bonds. The van der Waals surface area contributed by atoms with E-state index in [-0.39, 0.29) is 15.5 Å². The number of alkyl halides is 3. The largest absolute Gasteiger partial charge is 0.478 e. The van der Waals surface area contributed by atoms with Gasteiger partial charge in [0.05, 0.1) is 5.56 Å². The van der Waals surface area contributed by atoms with E-state index < -0.39 is 23.2 Å². The summed E-state index contributed by atoms with van der Waals surface area (Å²) in [5, 5.41) is 8.54. The number of halogens is 4. The lowest BCUT2D eigenvalue weighted by atomic mass is 10.2. The van der Waals surface area contributed by atoms with Crippen LogP contribution in [0, 0.1) is 0 Å². The van der Waals surface area contributed by atoms with E-state index >= 15 is 0 Å². The third-order valence-electron chi connectivity index (χ3n) is 1.35. The molecule has 0 saturated carbocycles. The Hall–Kier alpha value is -0.880. The van der Waals surface area contributed by atoms with Crippen molar-refractivity contribution in [1.29, 1.82) is 0 Å². The molecular formula is C8H4ClF3O2S. The topological polar surface area (TPSA) is 37.3 Å². The number of carboxylic acids is 1. The minimum atomic E-state index is -4.46. The van der Waals surface area contributed by atoms with Crippen molar-refractivity contribution < 1.29 is 23.1 Å². The van der Waals surface area contributed by atoms with Crippen molar-refractivity contribution >= 4 is 29.3 Å². The van der Waals surface area contributed by atoms with E-state index in [1.54, 1.807) is 0 Å². The third kappa shape index (κ3) is 4.01. The molecule has 1 aromatic carbocycles. The maximum Gasteiger partial charge on any atom is 0.446 e. The molecule has 0 radical (unpaired) electrons. The first-order chi connectivity index (χ1) is 6.78. The SMILES string of the molecule is O=C(O)c1cc(Cl)cc(SC(F)(F)F)c1. The fourth-order valence-electron chi connectivity index (χ4n) is 0.879. The van der Waals surface area contributed by atoms with E-state index in [0.29, 0.717) is 0 Å². The number of aromatic carboxylic acids is 1. The summed E-state index contributed by atoms with van der Waals surface area (Å²) in [7, 11) is 0. The number of hydrogen-bond donors (Lipinski definition) is 1. The van der Waals surface area contributed by atoms with Gasteiger partial charge in [-0.2, -0.15) is 13.2 Å². The van der Waals surface area contributed by atoms with E-state index in [0.717, 1.165) is 18.2 Å². The predicted molar refractivity (Wildman–Crippen MR) is 50.3 cm³/mol. The van der Waals surface area contributed by atoms with Gasteiger partial charge in [0.2, 0.25) is 0 Å². The van der Waals surface area contributed by atoms with Crippen LogP contribution in [0.15, 0.2) is 23.1 Å². The summed E-state index contributed by atoms with van der Waals surface area (Å²) >= 11 is 5.08. The lowest BCUT2D eigenvalue weighted by Gasteiger charge is -2.06. The Morgan fingerprint density at radius 1 is 1.33 bits per heavy atom. The molecule has 0 bridgehead atoms. The first-order valence-electron chi connectivity index (χ1n) is 3.57. The van der Waals surface area contributed by atoms with E-state index in [2.05, 4.69) is 0 Å². The summed E-state index contributed by atoms with van der Waals surface area (Å²) in [4.78, 5) is 10.3. The fraction of sp³-hybridized carbons (Fsp3) is 0.125. The van der Waals surface area contributed by atoms with E-state index in [9.17, 15) is 18.0 Å². The second kappa shape index (κ2) is 4.32. The number of carboxylic acid groups (broad SMARTS) is 1. The molecule has 0 fully saturated rings. The van der Waals surface area contributed by atoms with Crippen molar-refractivity contribution in [2.45, 2.75) is 10.4 Å². The molecule has 1 N–H and O–H groups in total. The minimum Gasteiger partial charge on any atom is -0.478 e. The summed E-state index contributed by atoms with van der Waals surface area (Å²) < 4.78 is 35.9. The average molecular weight is 257 g/mol. The van der Waals surface area contributed by atoms with Crippen molar-refractivity contribution in [2.24, 2.45) is 0 Å². The van der Waals surface area contributed by atoms with Gasteiger partial charge in [0, 0.05) is 9.92 Å². The zero-order chi connectivity index (χ0) is 11.6. The Morgan fingerprint density at radius 3 is 2.40 bits per heavy atom. The van der Waals surface area contributed by atoms with Gasteiger partial charge in [-0.25, -0.2) is 4.79 Å². The van der Waals surface area contributed by atoms with Crippen LogP contribution in [0.2, 0.25) is 5.02 Å². The van der Waals surface area contributed by atoms with Crippen LogP contribution in [0.4, 0.5) is 13.2 Å². The molecule has 0 aliphatic rings. The average Bonchev–Trinajstić information content (AvgIpc) is 1.99. The van der Waals surface area contributed by atoms with Gasteiger partial charge in [-0.05, 0) is 30.0 Å². The second-order valence-electron chi connectivity index (χ2n) is 2.53. The highest BCUT2D eigenvalue weighted by atomic mass is 35.5. The van der Waals surface area contributed by atoms with Crippen LogP contribution in [0.1, 0.15) is 10.4 Å². The summed E-state index contributed by atoms with van der Waals surface area (Å²) in [5.41, 5.74) is -4.73. The monoisotopic (exact) mass is 256 g/mol. The van der Waals surface area contributed by atoms with Crippen LogP contribution in [0.25, 0.3) is 0 Å². The first kappa shape index (κ1) is 12.2. The number of benzene rings is 1. The highest BCUT2D eigenvalue weighted by molar-refractivity contribution is 8.00. The van der Waals surface area contributed by atoms with Crippen molar-refractivity contribution in [2.75, 3.05) is 0 Å². The van der Waals surface area contributed by atoms with Crippen molar-refractivity contribution in [1.82, 2.24) is 0 Å². The normalized spacial score (nSPS) is 11.5. The molecule has 0 heterocycles. The van der Waals surface area contributed by atoms with Crippen LogP contribution >= 0.6 is 23.4 Å². The maximum atomic E-state index is 12.0. The Balaban J connectivity index is 3.04. The van der Waals surface area contributed by atoms with Crippen molar-refractivity contribution in [3.8, 4) is 0 Å². The molecule has 2 nitrogen and oxygen atoms in total. The highest BCUT2D eigenvalue weighted by Crippen LogP contribution is 2.38. The van der Waals surface area contributed by atoms with Crippen LogP contribution in [-0.4, -0.2) is 16.6 Å². The first-order valence-corrected chi connectivity index (χ1v) is 4.77. The molecule has 0 aliphatic heterocycles. The molecule has 0 aromatic heterocycles. The Bertz CT molecular complexity index is 392. The predicted octanol–water partition coefficient (Wildman–Crippen LogP) is 3.65. The molecule has 0 spiro atoms. The zero-order valence-corrected chi connectivity index (χ0v) is 8.58. The Labute approximate surface area is 92.0 Å². The Kier molecular flexibility index (Phi) is 3.51. The van der Waals surface area contributed by atoms with Gasteiger partial charge in [-0.15, -0.1) is 0 Å². The minimum absolute atomic E-state index is 0.0401. The maximum absolute atomic E-state index is 12.0. The van der Waals surface area contributed by atoms with Gasteiger partial charge in [0.25, 0.3) is 0 Å². The number of thioether (sulfide) groups is 1. The lowest BCUT2D eigenvalue weighted by molar-refractivity contribution is -0.0328. The summed E-state index contributed by atoms with van der Waals surface area (Å²) in [6.07, 6.45) is 0. The smallest absolute Gasteiger partial charge is 0.446 e.